The maximum Gasteiger partial charge on any atom is 0.262 e. The van der Waals surface area contributed by atoms with E-state index < -0.39 is 0 Å². The molecule has 1 N–H and O–H groups in total. The van der Waals surface area contributed by atoms with Crippen molar-refractivity contribution < 1.29 is 4.79 Å². The highest BCUT2D eigenvalue weighted by atomic mass is 79.9. The van der Waals surface area contributed by atoms with Crippen molar-refractivity contribution in [2.75, 3.05) is 6.54 Å². The Morgan fingerprint density at radius 2 is 2.19 bits per heavy atom. The molecular weight excluding hydrogens is 288 g/mol. The molecule has 0 aromatic carbocycles. The number of nitrogens with one attached hydrogen (secondary N) is 1. The minimum absolute atomic E-state index is 0.0194. The molecule has 0 aliphatic heterocycles. The maximum absolute atomic E-state index is 11.7. The summed E-state index contributed by atoms with van der Waals surface area (Å²) in [6.07, 6.45) is 3.96. The van der Waals surface area contributed by atoms with Crippen LogP contribution in [0.2, 0.25) is 0 Å². The van der Waals surface area contributed by atoms with E-state index in [2.05, 4.69) is 21.2 Å². The number of amides is 1. The van der Waals surface area contributed by atoms with Gasteiger partial charge < -0.3 is 9.88 Å². The van der Waals surface area contributed by atoms with Gasteiger partial charge in [-0.05, 0) is 39.5 Å². The summed E-state index contributed by atoms with van der Waals surface area (Å²) in [5, 5.41) is 4.78. The van der Waals surface area contributed by atoms with E-state index in [9.17, 15) is 4.79 Å². The summed E-state index contributed by atoms with van der Waals surface area (Å²) < 4.78 is 2.89. The summed E-state index contributed by atoms with van der Waals surface area (Å²) in [5.74, 6) is -0.0194. The number of aromatic nitrogens is 1. The fourth-order valence-corrected chi connectivity index (χ4v) is 2.82. The van der Waals surface area contributed by atoms with Crippen molar-refractivity contribution in [1.82, 2.24) is 9.88 Å². The fraction of sp³-hybridized carbons (Fsp3) is 0.182. The van der Waals surface area contributed by atoms with Crippen LogP contribution in [-0.4, -0.2) is 17.0 Å². The van der Waals surface area contributed by atoms with Crippen LogP contribution in [0.1, 0.15) is 9.67 Å². The molecule has 0 atom stereocenters. The summed E-state index contributed by atoms with van der Waals surface area (Å²) in [4.78, 5) is 12.4. The van der Waals surface area contributed by atoms with Gasteiger partial charge in [0.2, 0.25) is 0 Å². The number of carbonyl (C=O) groups is 1. The lowest BCUT2D eigenvalue weighted by molar-refractivity contribution is 0.0955. The number of hydrogen-bond donors (Lipinski definition) is 1. The Morgan fingerprint density at radius 1 is 1.44 bits per heavy atom. The Bertz CT molecular complexity index is 464. The van der Waals surface area contributed by atoms with Gasteiger partial charge in [-0.2, -0.15) is 0 Å². The molecule has 2 rings (SSSR count). The van der Waals surface area contributed by atoms with E-state index in [0.717, 1.165) is 15.9 Å². The second kappa shape index (κ2) is 5.32. The van der Waals surface area contributed by atoms with Crippen LogP contribution in [-0.2, 0) is 6.54 Å². The van der Waals surface area contributed by atoms with Crippen LogP contribution < -0.4 is 5.32 Å². The van der Waals surface area contributed by atoms with Crippen molar-refractivity contribution in [2.45, 2.75) is 6.54 Å². The SMILES string of the molecule is O=C(NCCn1cccc1)c1sccc1Br. The summed E-state index contributed by atoms with van der Waals surface area (Å²) in [6.45, 7) is 1.43. The van der Waals surface area contributed by atoms with Crippen LogP contribution >= 0.6 is 27.3 Å². The Balaban J connectivity index is 1.83. The zero-order valence-electron chi connectivity index (χ0n) is 8.52. The average molecular weight is 299 g/mol. The van der Waals surface area contributed by atoms with Crippen LogP contribution in [0.5, 0.6) is 0 Å². The quantitative estimate of drug-likeness (QED) is 0.925. The molecule has 5 heteroatoms. The Hall–Kier alpha value is -1.07. The van der Waals surface area contributed by atoms with Gasteiger partial charge in [0.1, 0.15) is 4.88 Å². The number of halogens is 1. The van der Waals surface area contributed by atoms with Gasteiger partial charge in [-0.1, -0.05) is 0 Å². The van der Waals surface area contributed by atoms with E-state index in [-0.39, 0.29) is 5.91 Å². The van der Waals surface area contributed by atoms with Crippen LogP contribution in [0.4, 0.5) is 0 Å². The normalized spacial score (nSPS) is 10.3. The number of hydrogen-bond acceptors (Lipinski definition) is 2. The lowest BCUT2D eigenvalue weighted by atomic mass is 10.4. The summed E-state index contributed by atoms with van der Waals surface area (Å²) in [5.41, 5.74) is 0. The molecule has 0 spiro atoms. The van der Waals surface area contributed by atoms with Crippen molar-refractivity contribution in [2.24, 2.45) is 0 Å². The van der Waals surface area contributed by atoms with Crippen molar-refractivity contribution >= 4 is 33.2 Å². The highest BCUT2D eigenvalue weighted by Gasteiger charge is 2.10. The smallest absolute Gasteiger partial charge is 0.262 e. The van der Waals surface area contributed by atoms with E-state index >= 15 is 0 Å². The first-order chi connectivity index (χ1) is 7.77. The van der Waals surface area contributed by atoms with E-state index in [4.69, 9.17) is 0 Å². The molecule has 0 saturated carbocycles. The zero-order valence-corrected chi connectivity index (χ0v) is 10.9. The Labute approximate surface area is 106 Å². The molecule has 2 aromatic rings. The average Bonchev–Trinajstić information content (AvgIpc) is 2.88. The predicted molar refractivity (Wildman–Crippen MR) is 68.8 cm³/mol. The number of thiophene rings is 1. The molecule has 0 aliphatic rings. The van der Waals surface area contributed by atoms with Gasteiger partial charge in [-0.3, -0.25) is 4.79 Å². The Morgan fingerprint density at radius 3 is 2.81 bits per heavy atom. The van der Waals surface area contributed by atoms with Crippen molar-refractivity contribution in [1.29, 1.82) is 0 Å². The van der Waals surface area contributed by atoms with Crippen molar-refractivity contribution in [3.8, 4) is 0 Å². The standard InChI is InChI=1S/C11H11BrN2OS/c12-9-3-8-16-10(9)11(15)13-4-7-14-5-1-2-6-14/h1-3,5-6,8H,4,7H2,(H,13,15). The molecule has 84 valence electrons. The third kappa shape index (κ3) is 2.74. The van der Waals surface area contributed by atoms with Gasteiger partial charge in [0.05, 0.1) is 0 Å². The summed E-state index contributed by atoms with van der Waals surface area (Å²) in [7, 11) is 0. The second-order valence-corrected chi connectivity index (χ2v) is 5.04. The summed E-state index contributed by atoms with van der Waals surface area (Å²) >= 11 is 4.78. The highest BCUT2D eigenvalue weighted by Crippen LogP contribution is 2.22. The number of rotatable bonds is 4. The van der Waals surface area contributed by atoms with Crippen LogP contribution in [0.3, 0.4) is 0 Å². The van der Waals surface area contributed by atoms with Gasteiger partial charge in [-0.25, -0.2) is 0 Å². The molecule has 0 unspecified atom stereocenters. The summed E-state index contributed by atoms with van der Waals surface area (Å²) in [6, 6.07) is 5.82. The van der Waals surface area contributed by atoms with E-state index in [0.29, 0.717) is 6.54 Å². The number of carbonyl (C=O) groups excluding carboxylic acids is 1. The first-order valence-corrected chi connectivity index (χ1v) is 6.56. The topological polar surface area (TPSA) is 34.0 Å². The molecule has 2 heterocycles. The maximum atomic E-state index is 11.7. The molecular formula is C11H11BrN2OS. The van der Waals surface area contributed by atoms with E-state index in [1.54, 1.807) is 0 Å². The molecule has 3 nitrogen and oxygen atoms in total. The van der Waals surface area contributed by atoms with E-state index in [1.165, 1.54) is 11.3 Å². The van der Waals surface area contributed by atoms with Crippen molar-refractivity contribution in [3.63, 3.8) is 0 Å². The van der Waals surface area contributed by atoms with Crippen LogP contribution in [0, 0.1) is 0 Å². The third-order valence-corrected chi connectivity index (χ3v) is 3.98. The Kier molecular flexibility index (Phi) is 3.79. The molecule has 0 bridgehead atoms. The van der Waals surface area contributed by atoms with E-state index in [1.807, 2.05) is 40.5 Å². The largest absolute Gasteiger partial charge is 0.353 e. The van der Waals surface area contributed by atoms with Crippen LogP contribution in [0.15, 0.2) is 40.4 Å². The molecule has 0 fully saturated rings. The lowest BCUT2D eigenvalue weighted by Gasteiger charge is -2.05. The molecule has 0 radical (unpaired) electrons. The number of nitrogens with zero attached hydrogens (tertiary/aromatic N) is 1. The zero-order chi connectivity index (χ0) is 11.4. The minimum atomic E-state index is -0.0194. The lowest BCUT2D eigenvalue weighted by Crippen LogP contribution is -2.26. The van der Waals surface area contributed by atoms with Crippen LogP contribution in [0.25, 0.3) is 0 Å². The van der Waals surface area contributed by atoms with Gasteiger partial charge in [0.15, 0.2) is 0 Å². The molecule has 0 saturated heterocycles. The first-order valence-electron chi connectivity index (χ1n) is 4.89. The molecule has 0 aliphatic carbocycles. The second-order valence-electron chi connectivity index (χ2n) is 3.27. The fourth-order valence-electron chi connectivity index (χ4n) is 1.35. The van der Waals surface area contributed by atoms with Gasteiger partial charge in [0, 0.05) is 30.0 Å². The monoisotopic (exact) mass is 298 g/mol. The van der Waals surface area contributed by atoms with Crippen molar-refractivity contribution in [3.05, 3.63) is 45.3 Å². The highest BCUT2D eigenvalue weighted by molar-refractivity contribution is 9.10. The van der Waals surface area contributed by atoms with Gasteiger partial charge >= 0.3 is 0 Å². The molecule has 16 heavy (non-hydrogen) atoms. The minimum Gasteiger partial charge on any atom is -0.353 e. The first kappa shape index (κ1) is 11.4. The van der Waals surface area contributed by atoms with Gasteiger partial charge in [-0.15, -0.1) is 11.3 Å². The third-order valence-electron chi connectivity index (χ3n) is 2.15. The van der Waals surface area contributed by atoms with Gasteiger partial charge in [0.25, 0.3) is 5.91 Å². The molecule has 1 amide bonds. The predicted octanol–water partition coefficient (Wildman–Crippen LogP) is 2.74. The molecule has 2 aromatic heterocycles.